The van der Waals surface area contributed by atoms with Crippen LogP contribution in [0.4, 0.5) is 0 Å². The van der Waals surface area contributed by atoms with Gasteiger partial charge >= 0.3 is 22.4 Å². The third-order valence-electron chi connectivity index (χ3n) is 10.1. The van der Waals surface area contributed by atoms with Crippen molar-refractivity contribution in [1.82, 2.24) is 0 Å². The van der Waals surface area contributed by atoms with E-state index in [2.05, 4.69) is 243 Å². The third-order valence-corrected chi connectivity index (χ3v) is 20.5. The zero-order chi connectivity index (χ0) is 39.5. The molecule has 0 aliphatic rings. The molecule has 306 valence electrons. The SMILES string of the molecule is [Au+].[Cl-].c1ccc(P(CCCP(c2ccccc2)c2ccccc2)c2ccccc2)cc1.c1ccc(P(CCCP(c2ccccc2)c2ccccc2)c2ccccc2)cc1. The maximum absolute atomic E-state index is 2.30. The molecule has 0 atom stereocenters. The summed E-state index contributed by atoms with van der Waals surface area (Å²) in [4.78, 5) is 0. The number of rotatable bonds is 16. The molecule has 8 rings (SSSR count). The summed E-state index contributed by atoms with van der Waals surface area (Å²) in [6.45, 7) is 0. The fourth-order valence-corrected chi connectivity index (χ4v) is 17.2. The molecule has 6 heteroatoms. The topological polar surface area (TPSA) is 0 Å². The zero-order valence-corrected chi connectivity index (χ0v) is 40.3. The molecule has 0 amide bonds. The molecule has 0 fully saturated rings. The van der Waals surface area contributed by atoms with Gasteiger partial charge in [0.2, 0.25) is 0 Å². The first-order valence-electron chi connectivity index (χ1n) is 20.3. The molecule has 0 N–H and O–H groups in total. The van der Waals surface area contributed by atoms with Crippen molar-refractivity contribution in [3.63, 3.8) is 0 Å². The molecule has 0 radical (unpaired) electrons. The van der Waals surface area contributed by atoms with Crippen molar-refractivity contribution in [2.75, 3.05) is 24.6 Å². The van der Waals surface area contributed by atoms with Gasteiger partial charge in [-0.25, -0.2) is 0 Å². The summed E-state index contributed by atoms with van der Waals surface area (Å²) >= 11 is 0. The van der Waals surface area contributed by atoms with Crippen LogP contribution in [0.15, 0.2) is 243 Å². The summed E-state index contributed by atoms with van der Waals surface area (Å²) in [6.07, 6.45) is 7.43. The van der Waals surface area contributed by atoms with Crippen LogP contribution in [0.25, 0.3) is 0 Å². The normalized spacial score (nSPS) is 10.7. The molecule has 8 aromatic carbocycles. The van der Waals surface area contributed by atoms with Gasteiger partial charge in [-0.1, -0.05) is 243 Å². The third kappa shape index (κ3) is 14.3. The van der Waals surface area contributed by atoms with Crippen LogP contribution in [-0.4, -0.2) is 24.6 Å². The molecule has 0 spiro atoms. The maximum Gasteiger partial charge on any atom is 1.00 e. The Morgan fingerprint density at radius 2 is 0.317 bits per heavy atom. The van der Waals surface area contributed by atoms with E-state index in [0.717, 1.165) is 0 Å². The number of benzene rings is 8. The Balaban J connectivity index is 0.000000220. The number of hydrogen-bond donors (Lipinski definition) is 0. The van der Waals surface area contributed by atoms with Crippen LogP contribution in [0.5, 0.6) is 0 Å². The van der Waals surface area contributed by atoms with E-state index < -0.39 is 0 Å². The minimum absolute atomic E-state index is 0. The molecule has 0 aliphatic carbocycles. The van der Waals surface area contributed by atoms with Crippen LogP contribution >= 0.6 is 31.7 Å². The second kappa shape index (κ2) is 26.8. The van der Waals surface area contributed by atoms with Crippen LogP contribution in [0.3, 0.4) is 0 Å². The Labute approximate surface area is 386 Å². The molecule has 0 aromatic heterocycles. The summed E-state index contributed by atoms with van der Waals surface area (Å²) in [6, 6.07) is 88.6. The van der Waals surface area contributed by atoms with Gasteiger partial charge in [0.15, 0.2) is 0 Å². The largest absolute Gasteiger partial charge is 1.00 e. The van der Waals surface area contributed by atoms with Crippen LogP contribution in [-0.2, 0) is 22.4 Å². The summed E-state index contributed by atoms with van der Waals surface area (Å²) in [5.74, 6) is 0. The van der Waals surface area contributed by atoms with Crippen molar-refractivity contribution in [2.45, 2.75) is 12.8 Å². The smallest absolute Gasteiger partial charge is 1.00 e. The Morgan fingerprint density at radius 3 is 0.433 bits per heavy atom. The molecule has 0 unspecified atom stereocenters. The molecular formula is C54H52AuClP4. The molecule has 60 heavy (non-hydrogen) atoms. The fourth-order valence-electron chi connectivity index (χ4n) is 7.27. The van der Waals surface area contributed by atoms with Gasteiger partial charge in [-0.15, -0.1) is 0 Å². The van der Waals surface area contributed by atoms with Gasteiger partial charge in [0.25, 0.3) is 0 Å². The summed E-state index contributed by atoms with van der Waals surface area (Å²) in [7, 11) is -1.24. The monoisotopic (exact) mass is 1060 g/mol. The van der Waals surface area contributed by atoms with E-state index in [4.69, 9.17) is 0 Å². The van der Waals surface area contributed by atoms with Gasteiger partial charge in [-0.05, 0) is 112 Å². The first-order valence-corrected chi connectivity index (χ1v) is 26.4. The Bertz CT molecular complexity index is 1800. The Kier molecular flexibility index (Phi) is 21.2. The predicted octanol–water partition coefficient (Wildman–Crippen LogP) is 8.29. The van der Waals surface area contributed by atoms with E-state index in [1.165, 1.54) is 79.9 Å². The first kappa shape index (κ1) is 47.6. The summed E-state index contributed by atoms with van der Waals surface area (Å²) in [5.41, 5.74) is 0. The van der Waals surface area contributed by atoms with Crippen molar-refractivity contribution in [2.24, 2.45) is 0 Å². The van der Waals surface area contributed by atoms with Crippen molar-refractivity contribution in [3.8, 4) is 0 Å². The quantitative estimate of drug-likeness (QED) is 0.0676. The number of hydrogen-bond acceptors (Lipinski definition) is 0. The van der Waals surface area contributed by atoms with E-state index in [1.807, 2.05) is 0 Å². The van der Waals surface area contributed by atoms with E-state index in [-0.39, 0.29) is 66.5 Å². The maximum atomic E-state index is 2.30. The summed E-state index contributed by atoms with van der Waals surface area (Å²) in [5, 5.41) is 11.9. The van der Waals surface area contributed by atoms with Crippen LogP contribution in [0, 0.1) is 0 Å². The molecule has 0 saturated heterocycles. The molecular weight excluding hydrogens is 1000 g/mol. The van der Waals surface area contributed by atoms with Gasteiger partial charge in [-0.3, -0.25) is 0 Å². The minimum Gasteiger partial charge on any atom is -1.00 e. The van der Waals surface area contributed by atoms with Gasteiger partial charge < -0.3 is 12.4 Å². The minimum atomic E-state index is -0.309. The number of halogens is 1. The second-order valence-corrected chi connectivity index (χ2v) is 23.3. The van der Waals surface area contributed by atoms with Gasteiger partial charge in [0.05, 0.1) is 0 Å². The van der Waals surface area contributed by atoms with Gasteiger partial charge in [0, 0.05) is 0 Å². The average molecular weight is 1060 g/mol. The van der Waals surface area contributed by atoms with Crippen LogP contribution in [0.2, 0.25) is 0 Å². The predicted molar refractivity (Wildman–Crippen MR) is 265 cm³/mol. The van der Waals surface area contributed by atoms with Crippen molar-refractivity contribution < 1.29 is 34.8 Å². The van der Waals surface area contributed by atoms with Crippen LogP contribution in [0.1, 0.15) is 12.8 Å². The second-order valence-electron chi connectivity index (χ2n) is 14.0. The molecule has 8 aromatic rings. The van der Waals surface area contributed by atoms with Crippen molar-refractivity contribution in [3.05, 3.63) is 243 Å². The van der Waals surface area contributed by atoms with E-state index >= 15 is 0 Å². The van der Waals surface area contributed by atoms with E-state index in [9.17, 15) is 0 Å². The van der Waals surface area contributed by atoms with Crippen molar-refractivity contribution in [1.29, 1.82) is 0 Å². The molecule has 0 aliphatic heterocycles. The average Bonchev–Trinajstić information content (AvgIpc) is 3.32. The summed E-state index contributed by atoms with van der Waals surface area (Å²) < 4.78 is 0. The van der Waals surface area contributed by atoms with Crippen molar-refractivity contribution >= 4 is 74.1 Å². The Morgan fingerprint density at radius 1 is 0.200 bits per heavy atom. The molecule has 0 heterocycles. The molecule has 0 saturated carbocycles. The van der Waals surface area contributed by atoms with E-state index in [0.29, 0.717) is 0 Å². The van der Waals surface area contributed by atoms with Gasteiger partial charge in [0.1, 0.15) is 0 Å². The Hall–Kier alpha value is -3.49. The van der Waals surface area contributed by atoms with Crippen LogP contribution < -0.4 is 54.8 Å². The van der Waals surface area contributed by atoms with Gasteiger partial charge in [-0.2, -0.15) is 0 Å². The standard InChI is InChI=1S/2C27H26P2.Au.ClH/c2*1-5-14-24(15-6-1)28(25-16-7-2-8-17-25)22-13-23-29(26-18-9-3-10-19-26)27-20-11-4-12-21-27;;/h2*1-12,14-21H,13,22-23H2;;1H/q;;+1;/p-1. The first-order chi connectivity index (χ1) is 28.8. The van der Waals surface area contributed by atoms with E-state index in [1.54, 1.807) is 0 Å². The molecule has 0 nitrogen and oxygen atoms in total. The fraction of sp³-hybridized carbons (Fsp3) is 0.111. The zero-order valence-electron chi connectivity index (χ0n) is 33.8. The molecule has 0 bridgehead atoms.